The van der Waals surface area contributed by atoms with Crippen LogP contribution in [0.15, 0.2) is 42.5 Å². The van der Waals surface area contributed by atoms with Crippen molar-refractivity contribution < 1.29 is 13.5 Å². The lowest BCUT2D eigenvalue weighted by Crippen LogP contribution is -2.10. The zero-order chi connectivity index (χ0) is 15.2. The average molecular weight is 291 g/mol. The molecule has 0 spiro atoms. The Labute approximate surface area is 123 Å². The van der Waals surface area contributed by atoms with Gasteiger partial charge in [-0.05, 0) is 31.5 Å². The summed E-state index contributed by atoms with van der Waals surface area (Å²) >= 11 is 0. The molecule has 0 radical (unpaired) electrons. The first kappa shape index (κ1) is 15.3. The molecular weight excluding hydrogens is 272 g/mol. The summed E-state index contributed by atoms with van der Waals surface area (Å²) in [6.45, 7) is 4.28. The summed E-state index contributed by atoms with van der Waals surface area (Å²) < 4.78 is 32.4. The Hall–Kier alpha value is -2.10. The molecule has 0 heterocycles. The number of halogens is 2. The maximum absolute atomic E-state index is 13.6. The third-order valence-electron chi connectivity index (χ3n) is 3.26. The molecule has 112 valence electrons. The first-order valence-corrected chi connectivity index (χ1v) is 7.03. The highest BCUT2D eigenvalue weighted by atomic mass is 19.2. The van der Waals surface area contributed by atoms with Gasteiger partial charge in [-0.3, -0.25) is 0 Å². The fourth-order valence-corrected chi connectivity index (χ4v) is 1.88. The number of anilines is 1. The van der Waals surface area contributed by atoms with Crippen molar-refractivity contribution in [3.63, 3.8) is 0 Å². The molecular formula is C17H19F2NO. The highest BCUT2D eigenvalue weighted by Crippen LogP contribution is 2.20. The smallest absolute Gasteiger partial charge is 0.163 e. The van der Waals surface area contributed by atoms with Crippen LogP contribution in [-0.2, 0) is 6.54 Å². The predicted molar refractivity (Wildman–Crippen MR) is 80.5 cm³/mol. The van der Waals surface area contributed by atoms with Crippen molar-refractivity contribution >= 4 is 5.69 Å². The number of nitrogens with one attached hydrogen (secondary N) is 1. The van der Waals surface area contributed by atoms with Gasteiger partial charge in [0.25, 0.3) is 0 Å². The zero-order valence-electron chi connectivity index (χ0n) is 12.2. The summed E-state index contributed by atoms with van der Waals surface area (Å²) in [7, 11) is 0. The van der Waals surface area contributed by atoms with Gasteiger partial charge in [0.1, 0.15) is 5.75 Å². The summed E-state index contributed by atoms with van der Waals surface area (Å²) in [5.41, 5.74) is 1.10. The lowest BCUT2D eigenvalue weighted by molar-refractivity contribution is 0.217. The summed E-state index contributed by atoms with van der Waals surface area (Å²) in [5, 5.41) is 3.07. The van der Waals surface area contributed by atoms with Crippen molar-refractivity contribution in [1.82, 2.24) is 0 Å². The predicted octanol–water partition coefficient (Wildman–Crippen LogP) is 4.75. The quantitative estimate of drug-likeness (QED) is 0.829. The number of ether oxygens (including phenoxy) is 1. The van der Waals surface area contributed by atoms with Gasteiger partial charge in [-0.2, -0.15) is 0 Å². The van der Waals surface area contributed by atoms with Crippen molar-refractivity contribution in [2.45, 2.75) is 32.9 Å². The van der Waals surface area contributed by atoms with E-state index in [2.05, 4.69) is 12.2 Å². The van der Waals surface area contributed by atoms with Crippen molar-refractivity contribution in [2.75, 3.05) is 5.32 Å². The molecule has 1 atom stereocenters. The lowest BCUT2D eigenvalue weighted by atomic mass is 10.2. The van der Waals surface area contributed by atoms with E-state index < -0.39 is 11.6 Å². The summed E-state index contributed by atoms with van der Waals surface area (Å²) in [6.07, 6.45) is 1.06. The minimum atomic E-state index is -0.830. The molecule has 0 amide bonds. The van der Waals surface area contributed by atoms with Crippen LogP contribution >= 0.6 is 0 Å². The fourth-order valence-electron chi connectivity index (χ4n) is 1.88. The number of hydrogen-bond acceptors (Lipinski definition) is 2. The second kappa shape index (κ2) is 7.07. The van der Waals surface area contributed by atoms with Gasteiger partial charge in [0.2, 0.25) is 0 Å². The molecule has 2 aromatic carbocycles. The van der Waals surface area contributed by atoms with Crippen molar-refractivity contribution in [1.29, 1.82) is 0 Å². The molecule has 4 heteroatoms. The molecule has 0 bridgehead atoms. The van der Waals surface area contributed by atoms with Crippen molar-refractivity contribution in [2.24, 2.45) is 0 Å². The lowest BCUT2D eigenvalue weighted by Gasteiger charge is -2.14. The van der Waals surface area contributed by atoms with E-state index in [0.29, 0.717) is 5.56 Å². The Morgan fingerprint density at radius 3 is 2.67 bits per heavy atom. The second-order valence-corrected chi connectivity index (χ2v) is 4.93. The molecule has 0 saturated carbocycles. The number of rotatable bonds is 6. The highest BCUT2D eigenvalue weighted by molar-refractivity contribution is 5.48. The number of hydrogen-bond donors (Lipinski definition) is 1. The largest absolute Gasteiger partial charge is 0.491 e. The third kappa shape index (κ3) is 4.18. The molecule has 1 unspecified atom stereocenters. The van der Waals surface area contributed by atoms with Crippen LogP contribution in [0.5, 0.6) is 5.75 Å². The van der Waals surface area contributed by atoms with Crippen LogP contribution in [0.4, 0.5) is 14.5 Å². The minimum absolute atomic E-state index is 0.140. The van der Waals surface area contributed by atoms with Gasteiger partial charge in [-0.25, -0.2) is 8.78 Å². The van der Waals surface area contributed by atoms with Crippen LogP contribution in [0.25, 0.3) is 0 Å². The van der Waals surface area contributed by atoms with Crippen LogP contribution in [0, 0.1) is 11.6 Å². The van der Waals surface area contributed by atoms with Crippen molar-refractivity contribution in [3.8, 4) is 5.75 Å². The molecule has 0 aliphatic rings. The zero-order valence-corrected chi connectivity index (χ0v) is 12.2. The van der Waals surface area contributed by atoms with Crippen LogP contribution in [0.1, 0.15) is 25.8 Å². The molecule has 2 aromatic rings. The molecule has 2 nitrogen and oxygen atoms in total. The Morgan fingerprint density at radius 1 is 1.14 bits per heavy atom. The van der Waals surface area contributed by atoms with E-state index >= 15 is 0 Å². The van der Waals surface area contributed by atoms with E-state index in [0.717, 1.165) is 23.9 Å². The Kier molecular flexibility index (Phi) is 5.14. The summed E-state index contributed by atoms with van der Waals surface area (Å²) in [5.74, 6) is -0.880. The summed E-state index contributed by atoms with van der Waals surface area (Å²) in [6, 6.07) is 11.6. The second-order valence-electron chi connectivity index (χ2n) is 4.93. The first-order valence-electron chi connectivity index (χ1n) is 7.03. The molecule has 0 aliphatic carbocycles. The molecule has 0 aliphatic heterocycles. The van der Waals surface area contributed by atoms with Gasteiger partial charge in [0.15, 0.2) is 11.6 Å². The van der Waals surface area contributed by atoms with E-state index in [1.165, 1.54) is 6.07 Å². The van der Waals surface area contributed by atoms with Gasteiger partial charge in [-0.15, -0.1) is 0 Å². The number of benzene rings is 2. The maximum atomic E-state index is 13.6. The van der Waals surface area contributed by atoms with E-state index in [1.54, 1.807) is 6.07 Å². The van der Waals surface area contributed by atoms with Crippen molar-refractivity contribution in [3.05, 3.63) is 59.7 Å². The third-order valence-corrected chi connectivity index (χ3v) is 3.26. The Balaban J connectivity index is 2.03. The van der Waals surface area contributed by atoms with E-state index in [4.69, 9.17) is 4.74 Å². The monoisotopic (exact) mass is 291 g/mol. The topological polar surface area (TPSA) is 21.3 Å². The van der Waals surface area contributed by atoms with Gasteiger partial charge >= 0.3 is 0 Å². The van der Waals surface area contributed by atoms with Crippen LogP contribution < -0.4 is 10.1 Å². The normalized spacial score (nSPS) is 12.0. The first-order chi connectivity index (χ1) is 10.1. The van der Waals surface area contributed by atoms with E-state index in [1.807, 2.05) is 31.2 Å². The molecule has 2 rings (SSSR count). The van der Waals surface area contributed by atoms with E-state index in [-0.39, 0.29) is 12.6 Å². The van der Waals surface area contributed by atoms with Gasteiger partial charge < -0.3 is 10.1 Å². The highest BCUT2D eigenvalue weighted by Gasteiger charge is 2.07. The molecule has 0 saturated heterocycles. The SMILES string of the molecule is CCC(C)Oc1cccc(NCc2cccc(F)c2F)c1. The van der Waals surface area contributed by atoms with Crippen LogP contribution in [0.2, 0.25) is 0 Å². The van der Waals surface area contributed by atoms with Crippen LogP contribution in [0.3, 0.4) is 0 Å². The standard InChI is InChI=1S/C17H19F2NO/c1-3-12(2)21-15-8-5-7-14(10-15)20-11-13-6-4-9-16(18)17(13)19/h4-10,12,20H,3,11H2,1-2H3. The Morgan fingerprint density at radius 2 is 1.90 bits per heavy atom. The maximum Gasteiger partial charge on any atom is 0.163 e. The van der Waals surface area contributed by atoms with Gasteiger partial charge in [0, 0.05) is 23.9 Å². The molecule has 0 aromatic heterocycles. The van der Waals surface area contributed by atoms with Gasteiger partial charge in [-0.1, -0.05) is 25.1 Å². The van der Waals surface area contributed by atoms with Gasteiger partial charge in [0.05, 0.1) is 6.10 Å². The Bertz CT molecular complexity index is 601. The van der Waals surface area contributed by atoms with E-state index in [9.17, 15) is 8.78 Å². The fraction of sp³-hybridized carbons (Fsp3) is 0.294. The minimum Gasteiger partial charge on any atom is -0.491 e. The average Bonchev–Trinajstić information content (AvgIpc) is 2.49. The summed E-state index contributed by atoms with van der Waals surface area (Å²) in [4.78, 5) is 0. The van der Waals surface area contributed by atoms with Crippen LogP contribution in [-0.4, -0.2) is 6.10 Å². The molecule has 0 fully saturated rings. The molecule has 21 heavy (non-hydrogen) atoms. The molecule has 1 N–H and O–H groups in total.